The van der Waals surface area contributed by atoms with Gasteiger partial charge in [0, 0.05) is 5.56 Å². The van der Waals surface area contributed by atoms with Crippen LogP contribution >= 0.6 is 0 Å². The van der Waals surface area contributed by atoms with Crippen LogP contribution in [-0.4, -0.2) is 22.0 Å². The number of carbonyl (C=O) groups excluding carboxylic acids is 1. The maximum Gasteiger partial charge on any atom is 0.336 e. The third kappa shape index (κ3) is 3.60. The fourth-order valence-corrected chi connectivity index (χ4v) is 1.86. The molecule has 5 nitrogen and oxygen atoms in total. The lowest BCUT2D eigenvalue weighted by Gasteiger charge is -2.09. The molecule has 2 rings (SSSR count). The van der Waals surface area contributed by atoms with Gasteiger partial charge in [0.15, 0.2) is 5.78 Å². The normalized spacial score (nSPS) is 10.1. The highest BCUT2D eigenvalue weighted by Gasteiger charge is 2.14. The van der Waals surface area contributed by atoms with E-state index in [1.165, 1.54) is 19.1 Å². The van der Waals surface area contributed by atoms with Gasteiger partial charge in [-0.25, -0.2) is 4.79 Å². The lowest BCUT2D eigenvalue weighted by molar-refractivity contribution is 0.0691. The van der Waals surface area contributed by atoms with Gasteiger partial charge in [-0.15, -0.1) is 0 Å². The van der Waals surface area contributed by atoms with Crippen LogP contribution in [0.2, 0.25) is 0 Å². The minimum absolute atomic E-state index is 0.0780. The van der Waals surface area contributed by atoms with Gasteiger partial charge in [0.05, 0.1) is 5.56 Å². The molecule has 2 N–H and O–H groups in total. The number of Topliss-reactive ketones (excluding diaryl/α,β-unsaturated/α-hetero) is 1. The summed E-state index contributed by atoms with van der Waals surface area (Å²) in [5.74, 6) is -0.948. The van der Waals surface area contributed by atoms with Crippen molar-refractivity contribution in [3.8, 4) is 11.5 Å². The second kappa shape index (κ2) is 6.09. The van der Waals surface area contributed by atoms with Crippen molar-refractivity contribution in [1.82, 2.24) is 0 Å². The van der Waals surface area contributed by atoms with E-state index >= 15 is 0 Å². The first-order valence-electron chi connectivity index (χ1n) is 6.26. The van der Waals surface area contributed by atoms with Crippen LogP contribution < -0.4 is 4.74 Å². The Kier molecular flexibility index (Phi) is 4.23. The highest BCUT2D eigenvalue weighted by molar-refractivity contribution is 6.05. The third-order valence-electron chi connectivity index (χ3n) is 2.94. The molecule has 108 valence electrons. The summed E-state index contributed by atoms with van der Waals surface area (Å²) >= 11 is 0. The molecule has 0 bridgehead atoms. The van der Waals surface area contributed by atoms with Crippen molar-refractivity contribution in [3.05, 3.63) is 59.2 Å². The zero-order chi connectivity index (χ0) is 15.4. The van der Waals surface area contributed by atoms with E-state index in [0.717, 1.165) is 5.56 Å². The molecule has 2 aromatic carbocycles. The van der Waals surface area contributed by atoms with Gasteiger partial charge >= 0.3 is 5.97 Å². The maximum atomic E-state index is 11.4. The topological polar surface area (TPSA) is 83.8 Å². The molecule has 2 aromatic rings. The van der Waals surface area contributed by atoms with Gasteiger partial charge in [-0.2, -0.15) is 0 Å². The second-order valence-electron chi connectivity index (χ2n) is 4.52. The molecule has 0 heterocycles. The van der Waals surface area contributed by atoms with Crippen LogP contribution in [0, 0.1) is 0 Å². The Morgan fingerprint density at radius 2 is 1.71 bits per heavy atom. The molecule has 0 atom stereocenters. The number of ketones is 1. The number of phenols is 1. The number of carbonyl (C=O) groups is 2. The molecule has 0 saturated carbocycles. The molecule has 0 aliphatic heterocycles. The molecule has 5 heteroatoms. The van der Waals surface area contributed by atoms with Crippen LogP contribution in [0.1, 0.15) is 33.2 Å². The standard InChI is InChI=1S/C16H14O5/c1-10(17)14-7-6-13(8-15(14)16(19)20)21-9-11-2-4-12(18)5-3-11/h2-8,18H,9H2,1H3,(H,19,20). The van der Waals surface area contributed by atoms with Crippen LogP contribution in [0.3, 0.4) is 0 Å². The van der Waals surface area contributed by atoms with Gasteiger partial charge in [-0.1, -0.05) is 12.1 Å². The summed E-state index contributed by atoms with van der Waals surface area (Å²) in [5, 5.41) is 18.3. The van der Waals surface area contributed by atoms with Gasteiger partial charge in [0.1, 0.15) is 18.1 Å². The first-order valence-corrected chi connectivity index (χ1v) is 6.26. The maximum absolute atomic E-state index is 11.4. The Morgan fingerprint density at radius 3 is 2.29 bits per heavy atom. The molecule has 0 saturated heterocycles. The number of aromatic carboxylic acids is 1. The monoisotopic (exact) mass is 286 g/mol. The summed E-state index contributed by atoms with van der Waals surface area (Å²) in [6.45, 7) is 1.55. The van der Waals surface area contributed by atoms with Gasteiger partial charge < -0.3 is 14.9 Å². The zero-order valence-corrected chi connectivity index (χ0v) is 11.4. The van der Waals surface area contributed by atoms with Crippen molar-refractivity contribution >= 4 is 11.8 Å². The van der Waals surface area contributed by atoms with Crippen LogP contribution in [0.15, 0.2) is 42.5 Å². The Bertz CT molecular complexity index is 674. The van der Waals surface area contributed by atoms with Crippen molar-refractivity contribution in [2.75, 3.05) is 0 Å². The van der Waals surface area contributed by atoms with E-state index in [0.29, 0.717) is 5.75 Å². The number of phenolic OH excluding ortho intramolecular Hbond substituents is 1. The Labute approximate surface area is 121 Å². The number of hydrogen-bond donors (Lipinski definition) is 2. The minimum atomic E-state index is -1.17. The number of aromatic hydroxyl groups is 1. The Hall–Kier alpha value is -2.82. The molecule has 0 fully saturated rings. The van der Waals surface area contributed by atoms with Gasteiger partial charge in [-0.05, 0) is 42.8 Å². The predicted octanol–water partition coefficient (Wildman–Crippen LogP) is 2.87. The molecule has 21 heavy (non-hydrogen) atoms. The highest BCUT2D eigenvalue weighted by Crippen LogP contribution is 2.20. The summed E-state index contributed by atoms with van der Waals surface area (Å²) < 4.78 is 5.50. The van der Waals surface area contributed by atoms with Gasteiger partial charge in [0.25, 0.3) is 0 Å². The predicted molar refractivity (Wildman–Crippen MR) is 75.8 cm³/mol. The molecule has 0 spiro atoms. The Morgan fingerprint density at radius 1 is 1.05 bits per heavy atom. The van der Waals surface area contributed by atoms with Gasteiger partial charge in [0.2, 0.25) is 0 Å². The van der Waals surface area contributed by atoms with Crippen molar-refractivity contribution < 1.29 is 24.5 Å². The van der Waals surface area contributed by atoms with E-state index in [2.05, 4.69) is 0 Å². The van der Waals surface area contributed by atoms with Crippen LogP contribution in [-0.2, 0) is 6.61 Å². The van der Waals surface area contributed by atoms with E-state index in [-0.39, 0.29) is 29.3 Å². The highest BCUT2D eigenvalue weighted by atomic mass is 16.5. The molecule has 0 amide bonds. The molecule has 0 unspecified atom stereocenters. The first kappa shape index (κ1) is 14.6. The SMILES string of the molecule is CC(=O)c1ccc(OCc2ccc(O)cc2)cc1C(=O)O. The number of ether oxygens (including phenoxy) is 1. The van der Waals surface area contributed by atoms with Gasteiger partial charge in [-0.3, -0.25) is 4.79 Å². The van der Waals surface area contributed by atoms with Crippen molar-refractivity contribution in [2.45, 2.75) is 13.5 Å². The molecular weight excluding hydrogens is 272 g/mol. The average molecular weight is 286 g/mol. The smallest absolute Gasteiger partial charge is 0.336 e. The minimum Gasteiger partial charge on any atom is -0.508 e. The molecule has 0 aromatic heterocycles. The molecular formula is C16H14O5. The van der Waals surface area contributed by atoms with Crippen LogP contribution in [0.25, 0.3) is 0 Å². The van der Waals surface area contributed by atoms with E-state index < -0.39 is 5.97 Å². The summed E-state index contributed by atoms with van der Waals surface area (Å²) in [7, 11) is 0. The first-order chi connectivity index (χ1) is 9.97. The van der Waals surface area contributed by atoms with Crippen LogP contribution in [0.5, 0.6) is 11.5 Å². The quantitative estimate of drug-likeness (QED) is 0.826. The third-order valence-corrected chi connectivity index (χ3v) is 2.94. The fourth-order valence-electron chi connectivity index (χ4n) is 1.86. The second-order valence-corrected chi connectivity index (χ2v) is 4.52. The molecule has 0 aliphatic rings. The summed E-state index contributed by atoms with van der Waals surface area (Å²) in [6, 6.07) is 10.8. The van der Waals surface area contributed by atoms with E-state index in [1.807, 2.05) is 0 Å². The Balaban J connectivity index is 2.17. The molecule has 0 radical (unpaired) electrons. The van der Waals surface area contributed by atoms with Crippen molar-refractivity contribution in [2.24, 2.45) is 0 Å². The number of carboxylic acids is 1. The van der Waals surface area contributed by atoms with E-state index in [9.17, 15) is 14.7 Å². The summed E-state index contributed by atoms with van der Waals surface area (Å²) in [4.78, 5) is 22.5. The lowest BCUT2D eigenvalue weighted by atomic mass is 10.0. The van der Waals surface area contributed by atoms with Crippen molar-refractivity contribution in [3.63, 3.8) is 0 Å². The number of hydrogen-bond acceptors (Lipinski definition) is 4. The average Bonchev–Trinajstić information content (AvgIpc) is 2.46. The number of carboxylic acid groups (broad SMARTS) is 1. The van der Waals surface area contributed by atoms with E-state index in [1.54, 1.807) is 30.3 Å². The van der Waals surface area contributed by atoms with Crippen molar-refractivity contribution in [1.29, 1.82) is 0 Å². The molecule has 0 aliphatic carbocycles. The van der Waals surface area contributed by atoms with Crippen LogP contribution in [0.4, 0.5) is 0 Å². The summed E-state index contributed by atoms with van der Waals surface area (Å²) in [5.41, 5.74) is 0.908. The largest absolute Gasteiger partial charge is 0.508 e. The number of rotatable bonds is 5. The fraction of sp³-hybridized carbons (Fsp3) is 0.125. The lowest BCUT2D eigenvalue weighted by Crippen LogP contribution is -2.07. The van der Waals surface area contributed by atoms with E-state index in [4.69, 9.17) is 9.84 Å². The summed E-state index contributed by atoms with van der Waals surface area (Å²) in [6.07, 6.45) is 0. The zero-order valence-electron chi connectivity index (χ0n) is 11.4. The number of benzene rings is 2.